The summed E-state index contributed by atoms with van der Waals surface area (Å²) in [5, 5.41) is 11.9. The van der Waals surface area contributed by atoms with Gasteiger partial charge in [-0.25, -0.2) is 4.79 Å². The molecule has 1 aromatic heterocycles. The summed E-state index contributed by atoms with van der Waals surface area (Å²) >= 11 is 0. The molecule has 1 saturated heterocycles. The van der Waals surface area contributed by atoms with Crippen molar-refractivity contribution in [3.05, 3.63) is 11.9 Å². The van der Waals surface area contributed by atoms with Gasteiger partial charge < -0.3 is 16.0 Å². The molecular formula is C22H34N6O. The first-order chi connectivity index (χ1) is 14.1. The molecule has 0 radical (unpaired) electrons. The van der Waals surface area contributed by atoms with Gasteiger partial charge in [0.2, 0.25) is 0 Å². The molecule has 6 aliphatic rings. The Morgan fingerprint density at radius 1 is 1.14 bits per heavy atom. The van der Waals surface area contributed by atoms with Crippen LogP contribution in [-0.2, 0) is 6.54 Å². The van der Waals surface area contributed by atoms with E-state index in [0.717, 1.165) is 43.5 Å². The van der Waals surface area contributed by atoms with Gasteiger partial charge in [-0.05, 0) is 81.5 Å². The molecule has 7 rings (SSSR count). The van der Waals surface area contributed by atoms with E-state index in [1.54, 1.807) is 0 Å². The average Bonchev–Trinajstić information content (AvgIpc) is 3.27. The summed E-state index contributed by atoms with van der Waals surface area (Å²) in [4.78, 5) is 15.1. The largest absolute Gasteiger partial charge is 0.336 e. The van der Waals surface area contributed by atoms with Crippen molar-refractivity contribution in [3.8, 4) is 0 Å². The third-order valence-electron chi connectivity index (χ3n) is 8.79. The molecule has 7 nitrogen and oxygen atoms in total. The Hall–Kier alpha value is -1.63. The normalized spacial score (nSPS) is 40.6. The van der Waals surface area contributed by atoms with Crippen LogP contribution in [0.2, 0.25) is 0 Å². The van der Waals surface area contributed by atoms with E-state index in [2.05, 4.69) is 21.8 Å². The zero-order chi connectivity index (χ0) is 19.6. The Labute approximate surface area is 172 Å². The molecule has 4 bridgehead atoms. The van der Waals surface area contributed by atoms with Gasteiger partial charge in [0.05, 0.1) is 18.3 Å². The van der Waals surface area contributed by atoms with Crippen LogP contribution in [0.25, 0.3) is 0 Å². The number of carbonyl (C=O) groups excluding carboxylic acids is 1. The van der Waals surface area contributed by atoms with E-state index < -0.39 is 0 Å². The van der Waals surface area contributed by atoms with E-state index in [-0.39, 0.29) is 17.6 Å². The number of likely N-dealkylation sites (tertiary alicyclic amines) is 1. The number of hydrogen-bond donors (Lipinski definition) is 2. The van der Waals surface area contributed by atoms with Gasteiger partial charge in [0.1, 0.15) is 0 Å². The van der Waals surface area contributed by atoms with Crippen molar-refractivity contribution in [2.24, 2.45) is 29.4 Å². The smallest absolute Gasteiger partial charge is 0.317 e. The molecule has 0 spiro atoms. The van der Waals surface area contributed by atoms with Gasteiger partial charge in [0.25, 0.3) is 0 Å². The molecule has 7 heteroatoms. The van der Waals surface area contributed by atoms with Crippen LogP contribution < -0.4 is 11.1 Å². The number of hydrogen-bond acceptors (Lipinski definition) is 4. The van der Waals surface area contributed by atoms with Crippen LogP contribution in [0, 0.1) is 23.7 Å². The van der Waals surface area contributed by atoms with E-state index in [4.69, 9.17) is 5.73 Å². The topological polar surface area (TPSA) is 89.1 Å². The van der Waals surface area contributed by atoms with Gasteiger partial charge in [0.15, 0.2) is 0 Å². The summed E-state index contributed by atoms with van der Waals surface area (Å²) in [6.45, 7) is 2.21. The van der Waals surface area contributed by atoms with E-state index in [1.165, 1.54) is 44.9 Å². The molecule has 6 fully saturated rings. The minimum atomic E-state index is -0.191. The van der Waals surface area contributed by atoms with Crippen molar-refractivity contribution in [2.75, 3.05) is 13.1 Å². The van der Waals surface area contributed by atoms with Crippen molar-refractivity contribution in [3.63, 3.8) is 0 Å². The second-order valence-corrected chi connectivity index (χ2v) is 10.7. The van der Waals surface area contributed by atoms with Crippen LogP contribution in [0.5, 0.6) is 0 Å². The molecule has 1 aromatic rings. The monoisotopic (exact) mass is 398 g/mol. The molecule has 0 aromatic carbocycles. The third kappa shape index (κ3) is 3.16. The first-order valence-electron chi connectivity index (χ1n) is 11.8. The van der Waals surface area contributed by atoms with Gasteiger partial charge in [-0.3, -0.25) is 4.68 Å². The molecule has 2 heterocycles. The van der Waals surface area contributed by atoms with Crippen molar-refractivity contribution in [1.29, 1.82) is 0 Å². The van der Waals surface area contributed by atoms with Crippen molar-refractivity contribution < 1.29 is 4.79 Å². The molecule has 2 amide bonds. The molecule has 158 valence electrons. The Balaban J connectivity index is 1.08. The number of aromatic nitrogens is 3. The summed E-state index contributed by atoms with van der Waals surface area (Å²) in [6, 6.07) is 0.268. The predicted molar refractivity (Wildman–Crippen MR) is 109 cm³/mol. The molecule has 1 aliphatic heterocycles. The molecular weight excluding hydrogens is 364 g/mol. The summed E-state index contributed by atoms with van der Waals surface area (Å²) in [6.07, 6.45) is 13.2. The first-order valence-corrected chi connectivity index (χ1v) is 11.8. The highest BCUT2D eigenvalue weighted by Crippen LogP contribution is 2.57. The van der Waals surface area contributed by atoms with Crippen LogP contribution in [0.4, 0.5) is 4.79 Å². The molecule has 0 unspecified atom stereocenters. The molecule has 3 N–H and O–H groups in total. The number of nitrogens with two attached hydrogens (primary N) is 1. The Bertz CT molecular complexity index is 758. The second-order valence-electron chi connectivity index (χ2n) is 10.7. The quantitative estimate of drug-likeness (QED) is 0.797. The number of carbonyl (C=O) groups is 1. The van der Waals surface area contributed by atoms with Crippen LogP contribution in [-0.4, -0.2) is 50.6 Å². The standard InChI is InChI=1S/C22H34N6O/c23-22(17-7-14-6-15(9-17)10-18(22)8-14)13-24-21(29)28-5-1-2-19(28)11-27-12-20(25-26-27)16-3-4-16/h12,14-19H,1-11,13,23H2,(H,24,29)/t14?,15?,17?,18?,19-,22?/m0/s1. The maximum absolute atomic E-state index is 13.1. The fourth-order valence-corrected chi connectivity index (χ4v) is 7.16. The van der Waals surface area contributed by atoms with E-state index in [1.807, 2.05) is 9.58 Å². The minimum Gasteiger partial charge on any atom is -0.336 e. The fourth-order valence-electron chi connectivity index (χ4n) is 7.16. The SMILES string of the molecule is NC1(CNC(=O)N2CCC[C@H]2Cn2cc(C3CC3)nn2)C2CC3CC(C2)CC1C3. The van der Waals surface area contributed by atoms with Crippen LogP contribution in [0.15, 0.2) is 6.20 Å². The number of nitrogens with zero attached hydrogens (tertiary/aromatic N) is 4. The summed E-state index contributed by atoms with van der Waals surface area (Å²) in [7, 11) is 0. The van der Waals surface area contributed by atoms with Gasteiger partial charge in [-0.2, -0.15) is 0 Å². The lowest BCUT2D eigenvalue weighted by Crippen LogP contribution is -2.67. The van der Waals surface area contributed by atoms with Crippen molar-refractivity contribution in [1.82, 2.24) is 25.2 Å². The number of rotatable bonds is 5. The highest BCUT2D eigenvalue weighted by atomic mass is 16.2. The predicted octanol–water partition coefficient (Wildman–Crippen LogP) is 2.48. The van der Waals surface area contributed by atoms with Crippen LogP contribution >= 0.6 is 0 Å². The van der Waals surface area contributed by atoms with Crippen molar-refractivity contribution in [2.45, 2.75) is 81.8 Å². The Morgan fingerprint density at radius 2 is 1.86 bits per heavy atom. The zero-order valence-corrected chi connectivity index (χ0v) is 17.3. The summed E-state index contributed by atoms with van der Waals surface area (Å²) in [5.41, 5.74) is 7.90. The second kappa shape index (κ2) is 6.69. The zero-order valence-electron chi connectivity index (χ0n) is 17.3. The fraction of sp³-hybridized carbons (Fsp3) is 0.864. The third-order valence-corrected chi connectivity index (χ3v) is 8.79. The lowest BCUT2D eigenvalue weighted by molar-refractivity contribution is -0.0533. The maximum Gasteiger partial charge on any atom is 0.317 e. The minimum absolute atomic E-state index is 0.0636. The van der Waals surface area contributed by atoms with Crippen molar-refractivity contribution >= 4 is 6.03 Å². The molecule has 5 saturated carbocycles. The summed E-state index contributed by atoms with van der Waals surface area (Å²) < 4.78 is 1.94. The first kappa shape index (κ1) is 18.2. The lowest BCUT2D eigenvalue weighted by Gasteiger charge is -2.60. The number of urea groups is 1. The van der Waals surface area contributed by atoms with E-state index >= 15 is 0 Å². The molecule has 5 aliphatic carbocycles. The van der Waals surface area contributed by atoms with Gasteiger partial charge >= 0.3 is 6.03 Å². The van der Waals surface area contributed by atoms with E-state index in [0.29, 0.717) is 24.3 Å². The number of nitrogens with one attached hydrogen (secondary N) is 1. The van der Waals surface area contributed by atoms with Crippen LogP contribution in [0.3, 0.4) is 0 Å². The Morgan fingerprint density at radius 3 is 2.55 bits per heavy atom. The van der Waals surface area contributed by atoms with Gasteiger partial charge in [0, 0.05) is 30.7 Å². The summed E-state index contributed by atoms with van der Waals surface area (Å²) in [5.74, 6) is 3.62. The Kier molecular flexibility index (Phi) is 4.19. The highest BCUT2D eigenvalue weighted by Gasteiger charge is 2.55. The maximum atomic E-state index is 13.1. The van der Waals surface area contributed by atoms with Gasteiger partial charge in [-0.1, -0.05) is 5.21 Å². The number of amides is 2. The van der Waals surface area contributed by atoms with Gasteiger partial charge in [-0.15, -0.1) is 5.10 Å². The average molecular weight is 399 g/mol. The highest BCUT2D eigenvalue weighted by molar-refractivity contribution is 5.75. The lowest BCUT2D eigenvalue weighted by atomic mass is 9.49. The molecule has 29 heavy (non-hydrogen) atoms. The van der Waals surface area contributed by atoms with E-state index in [9.17, 15) is 4.79 Å². The van der Waals surface area contributed by atoms with Crippen LogP contribution in [0.1, 0.15) is 69.4 Å². The molecule has 1 atom stereocenters.